The van der Waals surface area contributed by atoms with Gasteiger partial charge < -0.3 is 14.6 Å². The zero-order valence-electron chi connectivity index (χ0n) is 16.3. The van der Waals surface area contributed by atoms with Crippen LogP contribution in [0.15, 0.2) is 65.5 Å². The first-order valence-electron chi connectivity index (χ1n) is 9.43. The van der Waals surface area contributed by atoms with Gasteiger partial charge >= 0.3 is 0 Å². The van der Waals surface area contributed by atoms with Crippen molar-refractivity contribution >= 4 is 21.7 Å². The number of benzene rings is 3. The second-order valence-electron chi connectivity index (χ2n) is 7.26. The van der Waals surface area contributed by atoms with Crippen molar-refractivity contribution in [1.29, 1.82) is 0 Å². The van der Waals surface area contributed by atoms with Gasteiger partial charge in [0.1, 0.15) is 18.3 Å². The number of aromatic nitrogens is 2. The van der Waals surface area contributed by atoms with Crippen molar-refractivity contribution in [3.05, 3.63) is 82.4 Å². The van der Waals surface area contributed by atoms with Crippen LogP contribution in [-0.4, -0.2) is 24.1 Å². The second-order valence-corrected chi connectivity index (χ2v) is 7.26. The molecule has 142 valence electrons. The third kappa shape index (κ3) is 3.49. The van der Waals surface area contributed by atoms with Gasteiger partial charge in [-0.2, -0.15) is 0 Å². The molecule has 0 fully saturated rings. The maximum absolute atomic E-state index is 12.4. The second kappa shape index (κ2) is 7.44. The van der Waals surface area contributed by atoms with Crippen LogP contribution in [0.4, 0.5) is 0 Å². The topological polar surface area (TPSA) is 59.4 Å². The predicted octanol–water partition coefficient (Wildman–Crippen LogP) is 2.86. The fourth-order valence-electron chi connectivity index (χ4n) is 3.53. The number of methoxy groups -OCH3 is 1. The van der Waals surface area contributed by atoms with Crippen molar-refractivity contribution in [2.45, 2.75) is 19.5 Å². The lowest BCUT2D eigenvalue weighted by atomic mass is 10.1. The van der Waals surface area contributed by atoms with E-state index in [1.165, 1.54) is 15.8 Å². The van der Waals surface area contributed by atoms with E-state index in [2.05, 4.69) is 48.2 Å². The van der Waals surface area contributed by atoms with Gasteiger partial charge in [0.05, 0.1) is 25.1 Å². The van der Waals surface area contributed by atoms with Crippen LogP contribution in [0, 0.1) is 0 Å². The number of para-hydroxylation sites is 1. The highest BCUT2D eigenvalue weighted by Gasteiger charge is 2.19. The molecule has 28 heavy (non-hydrogen) atoms. The number of H-pyrrole nitrogens is 1. The number of aromatic amines is 1. The van der Waals surface area contributed by atoms with Gasteiger partial charge in [0, 0.05) is 5.56 Å². The summed E-state index contributed by atoms with van der Waals surface area (Å²) in [5.41, 5.74) is 1.89. The zero-order chi connectivity index (χ0) is 19.7. The van der Waals surface area contributed by atoms with Gasteiger partial charge in [0.15, 0.2) is 5.82 Å². The third-order valence-electron chi connectivity index (χ3n) is 5.38. The number of hydrogen-bond acceptors (Lipinski definition) is 3. The SMILES string of the molecule is COc1ccc2cc(C[NH+](C)[C@H](C)c3nc4ccccc4c(=O)[nH]3)ccc2c1. The summed E-state index contributed by atoms with van der Waals surface area (Å²) in [6.45, 7) is 2.92. The third-order valence-corrected chi connectivity index (χ3v) is 5.38. The minimum absolute atomic E-state index is 0.0591. The van der Waals surface area contributed by atoms with Crippen molar-refractivity contribution in [3.8, 4) is 5.75 Å². The molecule has 5 heteroatoms. The normalized spacial score (nSPS) is 13.5. The fraction of sp³-hybridized carbons (Fsp3) is 0.217. The van der Waals surface area contributed by atoms with Crippen LogP contribution in [0.2, 0.25) is 0 Å². The summed E-state index contributed by atoms with van der Waals surface area (Å²) < 4.78 is 5.30. The first-order valence-corrected chi connectivity index (χ1v) is 9.43. The first kappa shape index (κ1) is 18.2. The van der Waals surface area contributed by atoms with Gasteiger partial charge in [-0.15, -0.1) is 0 Å². The van der Waals surface area contributed by atoms with Crippen LogP contribution >= 0.6 is 0 Å². The van der Waals surface area contributed by atoms with Crippen molar-refractivity contribution < 1.29 is 9.64 Å². The largest absolute Gasteiger partial charge is 0.497 e. The molecule has 0 radical (unpaired) electrons. The number of nitrogens with one attached hydrogen (secondary N) is 2. The minimum Gasteiger partial charge on any atom is -0.497 e. The Hall–Kier alpha value is -3.18. The summed E-state index contributed by atoms with van der Waals surface area (Å²) in [7, 11) is 3.80. The Balaban J connectivity index is 1.58. The van der Waals surface area contributed by atoms with Gasteiger partial charge in [0.25, 0.3) is 5.56 Å². The van der Waals surface area contributed by atoms with Crippen molar-refractivity contribution in [2.75, 3.05) is 14.2 Å². The number of fused-ring (bicyclic) bond motifs is 2. The first-order chi connectivity index (χ1) is 13.5. The van der Waals surface area contributed by atoms with E-state index in [0.717, 1.165) is 23.2 Å². The molecule has 0 saturated heterocycles. The number of ether oxygens (including phenoxy) is 1. The standard InChI is InChI=1S/C23H23N3O2/c1-15(22-24-21-7-5-4-6-20(21)23(27)25-22)26(2)14-16-8-9-18-13-19(28-3)11-10-17(18)12-16/h4-13,15H,14H2,1-3H3,(H,24,25,27)/p+1/t15-/m1/s1. The zero-order valence-corrected chi connectivity index (χ0v) is 16.3. The van der Waals surface area contributed by atoms with Crippen molar-refractivity contribution in [2.24, 2.45) is 0 Å². The Labute approximate surface area is 163 Å². The molecule has 4 rings (SSSR count). The van der Waals surface area contributed by atoms with Crippen LogP contribution in [0.5, 0.6) is 5.75 Å². The quantitative estimate of drug-likeness (QED) is 0.565. The highest BCUT2D eigenvalue weighted by Crippen LogP contribution is 2.21. The van der Waals surface area contributed by atoms with Crippen LogP contribution in [0.25, 0.3) is 21.7 Å². The van der Waals surface area contributed by atoms with Crippen LogP contribution in [-0.2, 0) is 6.54 Å². The average molecular weight is 374 g/mol. The predicted molar refractivity (Wildman–Crippen MR) is 112 cm³/mol. The van der Waals surface area contributed by atoms with E-state index >= 15 is 0 Å². The van der Waals surface area contributed by atoms with E-state index in [-0.39, 0.29) is 11.6 Å². The average Bonchev–Trinajstić information content (AvgIpc) is 2.72. The number of nitrogens with zero attached hydrogens (tertiary/aromatic N) is 1. The molecule has 4 aromatic rings. The molecule has 3 aromatic carbocycles. The molecule has 0 aliphatic carbocycles. The summed E-state index contributed by atoms with van der Waals surface area (Å²) in [6.07, 6.45) is 0. The number of hydrogen-bond donors (Lipinski definition) is 2. The van der Waals surface area contributed by atoms with Gasteiger partial charge in [-0.3, -0.25) is 4.79 Å². The van der Waals surface area contributed by atoms with E-state index < -0.39 is 0 Å². The Morgan fingerprint density at radius 3 is 2.64 bits per heavy atom. The molecule has 0 aliphatic heterocycles. The lowest BCUT2D eigenvalue weighted by Gasteiger charge is -2.21. The number of rotatable bonds is 5. The maximum Gasteiger partial charge on any atom is 0.258 e. The molecule has 0 aliphatic rings. The lowest BCUT2D eigenvalue weighted by molar-refractivity contribution is -0.924. The monoisotopic (exact) mass is 374 g/mol. The van der Waals surface area contributed by atoms with Crippen molar-refractivity contribution in [1.82, 2.24) is 9.97 Å². The van der Waals surface area contributed by atoms with E-state index in [1.54, 1.807) is 13.2 Å². The molecule has 1 aromatic heterocycles. The van der Waals surface area contributed by atoms with Crippen molar-refractivity contribution in [3.63, 3.8) is 0 Å². The van der Waals surface area contributed by atoms with Crippen LogP contribution in [0.1, 0.15) is 24.4 Å². The molecule has 0 bridgehead atoms. The molecule has 1 heterocycles. The summed E-state index contributed by atoms with van der Waals surface area (Å²) in [5, 5.41) is 2.98. The molecule has 1 unspecified atom stereocenters. The molecule has 2 atom stereocenters. The van der Waals surface area contributed by atoms with Gasteiger partial charge in [-0.25, -0.2) is 4.98 Å². The van der Waals surface area contributed by atoms with Crippen LogP contribution in [0.3, 0.4) is 0 Å². The Morgan fingerprint density at radius 2 is 1.82 bits per heavy atom. The summed E-state index contributed by atoms with van der Waals surface area (Å²) >= 11 is 0. The molecule has 5 nitrogen and oxygen atoms in total. The maximum atomic E-state index is 12.4. The van der Waals surface area contributed by atoms with E-state index in [1.807, 2.05) is 30.3 Å². The minimum atomic E-state index is -0.0834. The van der Waals surface area contributed by atoms with E-state index in [0.29, 0.717) is 11.2 Å². The van der Waals surface area contributed by atoms with Gasteiger partial charge in [-0.1, -0.05) is 30.3 Å². The fourth-order valence-corrected chi connectivity index (χ4v) is 3.53. The molecular weight excluding hydrogens is 350 g/mol. The summed E-state index contributed by atoms with van der Waals surface area (Å²) in [5.74, 6) is 1.58. The van der Waals surface area contributed by atoms with Gasteiger partial charge in [-0.05, 0) is 48.0 Å². The molecular formula is C23H24N3O2+. The van der Waals surface area contributed by atoms with Crippen LogP contribution < -0.4 is 15.2 Å². The highest BCUT2D eigenvalue weighted by atomic mass is 16.5. The summed E-state index contributed by atoms with van der Waals surface area (Å²) in [6, 6.07) is 20.1. The molecule has 0 amide bonds. The molecule has 0 spiro atoms. The Morgan fingerprint density at radius 1 is 1.07 bits per heavy atom. The Bertz CT molecular complexity index is 1200. The molecule has 2 N–H and O–H groups in total. The van der Waals surface area contributed by atoms with E-state index in [4.69, 9.17) is 4.74 Å². The highest BCUT2D eigenvalue weighted by molar-refractivity contribution is 5.84. The summed E-state index contributed by atoms with van der Waals surface area (Å²) in [4.78, 5) is 21.3. The lowest BCUT2D eigenvalue weighted by Crippen LogP contribution is -3.07. The smallest absolute Gasteiger partial charge is 0.258 e. The van der Waals surface area contributed by atoms with Gasteiger partial charge in [0.2, 0.25) is 0 Å². The molecule has 0 saturated carbocycles. The van der Waals surface area contributed by atoms with E-state index in [9.17, 15) is 4.79 Å². The Kier molecular flexibility index (Phi) is 4.84. The number of quaternary nitrogens is 1.